The molecule has 2 saturated heterocycles. The lowest BCUT2D eigenvalue weighted by Crippen LogP contribution is -2.58. The van der Waals surface area contributed by atoms with Crippen molar-refractivity contribution < 1.29 is 32.3 Å². The summed E-state index contributed by atoms with van der Waals surface area (Å²) in [5, 5.41) is 3.27. The minimum atomic E-state index is -5.22. The number of benzene rings is 1. The maximum absolute atomic E-state index is 12.6. The first-order valence-corrected chi connectivity index (χ1v) is 8.31. The van der Waals surface area contributed by atoms with Crippen LogP contribution in [0.2, 0.25) is 0 Å². The molecule has 1 aromatic rings. The van der Waals surface area contributed by atoms with Crippen LogP contribution in [0.5, 0.6) is 0 Å². The summed E-state index contributed by atoms with van der Waals surface area (Å²) in [6, 6.07) is 6.14. The normalized spacial score (nSPS) is 22.6. The summed E-state index contributed by atoms with van der Waals surface area (Å²) in [6.45, 7) is 4.53. The molecule has 1 aromatic carbocycles. The van der Waals surface area contributed by atoms with Crippen molar-refractivity contribution in [1.29, 1.82) is 0 Å². The van der Waals surface area contributed by atoms with E-state index in [2.05, 4.69) is 10.1 Å². The van der Waals surface area contributed by atoms with E-state index in [9.17, 15) is 27.6 Å². The highest BCUT2D eigenvalue weighted by molar-refractivity contribution is 5.95. The predicted octanol–water partition coefficient (Wildman–Crippen LogP) is 1.47. The molecule has 2 heterocycles. The number of carbonyl (C=O) groups is 3. The number of ether oxygens (including phenoxy) is 1. The minimum Gasteiger partial charge on any atom is -0.386 e. The van der Waals surface area contributed by atoms with Gasteiger partial charge in [-0.3, -0.25) is 9.69 Å². The van der Waals surface area contributed by atoms with Crippen LogP contribution in [-0.4, -0.2) is 60.8 Å². The van der Waals surface area contributed by atoms with Crippen molar-refractivity contribution in [2.45, 2.75) is 25.1 Å². The van der Waals surface area contributed by atoms with Crippen molar-refractivity contribution in [3.05, 3.63) is 29.8 Å². The molecule has 3 rings (SSSR count). The quantitative estimate of drug-likeness (QED) is 0.630. The van der Waals surface area contributed by atoms with Gasteiger partial charge >= 0.3 is 24.1 Å². The summed E-state index contributed by atoms with van der Waals surface area (Å²) >= 11 is 0. The summed E-state index contributed by atoms with van der Waals surface area (Å²) in [5.74, 6) is -3.83. The minimum absolute atomic E-state index is 0.109. The standard InChI is InChI=1S/C17H18F3N3O4/c1-16-9-21-6-7-23(16)15(26)22(10-16)12-4-2-11(3-5-12)8-13(24)27-14(25)17(18,19)20/h2-5,21H,6-10H2,1H3. The molecule has 0 aromatic heterocycles. The van der Waals surface area contributed by atoms with Crippen molar-refractivity contribution in [2.75, 3.05) is 31.1 Å². The van der Waals surface area contributed by atoms with E-state index < -0.39 is 24.5 Å². The highest BCUT2D eigenvalue weighted by Crippen LogP contribution is 2.31. The van der Waals surface area contributed by atoms with Gasteiger partial charge < -0.3 is 15.0 Å². The number of hydrogen-bond donors (Lipinski definition) is 1. The van der Waals surface area contributed by atoms with Gasteiger partial charge in [0.1, 0.15) is 0 Å². The number of carbonyl (C=O) groups excluding carboxylic acids is 3. The maximum atomic E-state index is 12.6. The zero-order chi connectivity index (χ0) is 19.8. The molecule has 0 radical (unpaired) electrons. The molecule has 2 aliphatic heterocycles. The lowest BCUT2D eigenvalue weighted by molar-refractivity contribution is -0.201. The first kappa shape index (κ1) is 19.2. The number of hydrogen-bond acceptors (Lipinski definition) is 5. The van der Waals surface area contributed by atoms with Gasteiger partial charge in [-0.2, -0.15) is 13.2 Å². The molecule has 146 valence electrons. The number of piperazine rings is 1. The van der Waals surface area contributed by atoms with E-state index >= 15 is 0 Å². The second-order valence-electron chi connectivity index (χ2n) is 6.80. The number of nitrogens with zero attached hydrogens (tertiary/aromatic N) is 2. The topological polar surface area (TPSA) is 79.0 Å². The Bertz CT molecular complexity index is 766. The van der Waals surface area contributed by atoms with Gasteiger partial charge in [0, 0.05) is 25.3 Å². The number of anilines is 1. The summed E-state index contributed by atoms with van der Waals surface area (Å²) in [6.07, 6.45) is -5.70. The molecule has 2 amide bonds. The van der Waals surface area contributed by atoms with E-state index in [0.717, 1.165) is 6.54 Å². The Morgan fingerprint density at radius 2 is 1.93 bits per heavy atom. The highest BCUT2D eigenvalue weighted by atomic mass is 19.4. The fraction of sp³-hybridized carbons (Fsp3) is 0.471. The van der Waals surface area contributed by atoms with Gasteiger partial charge in [-0.05, 0) is 24.6 Å². The van der Waals surface area contributed by atoms with Crippen LogP contribution in [0.25, 0.3) is 0 Å². The van der Waals surface area contributed by atoms with Gasteiger partial charge in [0.25, 0.3) is 0 Å². The number of urea groups is 1. The van der Waals surface area contributed by atoms with Crippen LogP contribution >= 0.6 is 0 Å². The Morgan fingerprint density at radius 1 is 1.26 bits per heavy atom. The van der Waals surface area contributed by atoms with E-state index in [1.165, 1.54) is 12.1 Å². The molecule has 1 N–H and O–H groups in total. The van der Waals surface area contributed by atoms with Crippen LogP contribution in [0.4, 0.5) is 23.7 Å². The third-order valence-corrected chi connectivity index (χ3v) is 4.66. The number of esters is 2. The Morgan fingerprint density at radius 3 is 2.52 bits per heavy atom. The predicted molar refractivity (Wildman–Crippen MR) is 88.0 cm³/mol. The van der Waals surface area contributed by atoms with Crippen LogP contribution < -0.4 is 10.2 Å². The number of amides is 2. The van der Waals surface area contributed by atoms with E-state index in [1.54, 1.807) is 17.0 Å². The first-order valence-electron chi connectivity index (χ1n) is 8.31. The van der Waals surface area contributed by atoms with E-state index in [0.29, 0.717) is 30.9 Å². The van der Waals surface area contributed by atoms with Crippen LogP contribution in [0, 0.1) is 0 Å². The van der Waals surface area contributed by atoms with Gasteiger partial charge in [-0.15, -0.1) is 0 Å². The molecule has 2 aliphatic rings. The number of alkyl halides is 3. The van der Waals surface area contributed by atoms with Crippen molar-refractivity contribution >= 4 is 23.7 Å². The second kappa shape index (κ2) is 6.84. The number of halogens is 3. The average molecular weight is 385 g/mol. The van der Waals surface area contributed by atoms with E-state index in [4.69, 9.17) is 0 Å². The Labute approximate surface area is 153 Å². The summed E-state index contributed by atoms with van der Waals surface area (Å²) < 4.78 is 40.0. The van der Waals surface area contributed by atoms with Gasteiger partial charge in [0.2, 0.25) is 0 Å². The molecule has 0 saturated carbocycles. The van der Waals surface area contributed by atoms with Crippen molar-refractivity contribution in [2.24, 2.45) is 0 Å². The zero-order valence-corrected chi connectivity index (χ0v) is 14.5. The molecule has 7 nitrogen and oxygen atoms in total. The maximum Gasteiger partial charge on any atom is 0.491 e. The van der Waals surface area contributed by atoms with Crippen LogP contribution in [0.15, 0.2) is 24.3 Å². The third-order valence-electron chi connectivity index (χ3n) is 4.66. The fourth-order valence-corrected chi connectivity index (χ4v) is 3.30. The smallest absolute Gasteiger partial charge is 0.386 e. The molecule has 10 heteroatoms. The second-order valence-corrected chi connectivity index (χ2v) is 6.80. The number of rotatable bonds is 3. The first-order chi connectivity index (χ1) is 12.6. The van der Waals surface area contributed by atoms with Crippen molar-refractivity contribution in [3.63, 3.8) is 0 Å². The zero-order valence-electron chi connectivity index (χ0n) is 14.5. The monoisotopic (exact) mass is 385 g/mol. The molecular formula is C17H18F3N3O4. The summed E-state index contributed by atoms with van der Waals surface area (Å²) in [7, 11) is 0. The molecule has 0 spiro atoms. The molecule has 0 bridgehead atoms. The lowest BCUT2D eigenvalue weighted by Gasteiger charge is -2.38. The van der Waals surface area contributed by atoms with Gasteiger partial charge in [0.05, 0.1) is 18.5 Å². The SMILES string of the molecule is CC12CNCCN1C(=O)N(c1ccc(CC(=O)OC(=O)C(F)(F)F)cc1)C2. The summed E-state index contributed by atoms with van der Waals surface area (Å²) in [5.41, 5.74) is 0.686. The Kier molecular flexibility index (Phi) is 4.85. The molecule has 0 aliphatic carbocycles. The van der Waals surface area contributed by atoms with Gasteiger partial charge in [-0.1, -0.05) is 12.1 Å². The van der Waals surface area contributed by atoms with Crippen molar-refractivity contribution in [1.82, 2.24) is 10.2 Å². The lowest BCUT2D eigenvalue weighted by atomic mass is 9.99. The van der Waals surface area contributed by atoms with Gasteiger partial charge in [-0.25, -0.2) is 9.59 Å². The molecule has 1 unspecified atom stereocenters. The summed E-state index contributed by atoms with van der Waals surface area (Å²) in [4.78, 5) is 38.2. The third kappa shape index (κ3) is 3.90. The number of fused-ring (bicyclic) bond motifs is 1. The van der Waals surface area contributed by atoms with Crippen molar-refractivity contribution in [3.8, 4) is 0 Å². The van der Waals surface area contributed by atoms with Gasteiger partial charge in [0.15, 0.2) is 0 Å². The molecule has 1 atom stereocenters. The number of nitrogens with one attached hydrogen (secondary N) is 1. The molecular weight excluding hydrogens is 367 g/mol. The fourth-order valence-electron chi connectivity index (χ4n) is 3.30. The Hall–Kier alpha value is -2.62. The highest BCUT2D eigenvalue weighted by Gasteiger charge is 2.48. The molecule has 2 fully saturated rings. The van der Waals surface area contributed by atoms with Crippen LogP contribution in [-0.2, 0) is 20.7 Å². The van der Waals surface area contributed by atoms with E-state index in [1.807, 2.05) is 11.8 Å². The average Bonchev–Trinajstić information content (AvgIpc) is 2.86. The van der Waals surface area contributed by atoms with Crippen LogP contribution in [0.1, 0.15) is 12.5 Å². The largest absolute Gasteiger partial charge is 0.491 e. The molecule has 27 heavy (non-hydrogen) atoms. The van der Waals surface area contributed by atoms with E-state index in [-0.39, 0.29) is 11.6 Å². The Balaban J connectivity index is 1.65. The van der Waals surface area contributed by atoms with Crippen LogP contribution in [0.3, 0.4) is 0 Å².